The molecule has 0 unspecified atom stereocenters. The molecule has 1 fully saturated rings. The molecule has 102 valence electrons. The van der Waals surface area contributed by atoms with E-state index < -0.39 is 0 Å². The van der Waals surface area contributed by atoms with Crippen LogP contribution in [0.25, 0.3) is 10.8 Å². The van der Waals surface area contributed by atoms with Crippen LogP contribution in [0.1, 0.15) is 24.8 Å². The van der Waals surface area contributed by atoms with Gasteiger partial charge in [0.05, 0.1) is 12.7 Å². The summed E-state index contributed by atoms with van der Waals surface area (Å²) in [6.45, 7) is 1.08. The van der Waals surface area contributed by atoms with Crippen molar-refractivity contribution in [1.82, 2.24) is 0 Å². The fraction of sp³-hybridized carbons (Fsp3) is 0.353. The zero-order valence-corrected chi connectivity index (χ0v) is 11.4. The van der Waals surface area contributed by atoms with Crippen LogP contribution in [0.2, 0.25) is 0 Å². The second kappa shape index (κ2) is 5.15. The number of fused-ring (bicyclic) bond motifs is 1. The maximum absolute atomic E-state index is 8.86. The number of nitrogens with zero attached hydrogens (tertiary/aromatic N) is 1. The Hall–Kier alpha value is -2.05. The topological polar surface area (TPSA) is 59.0 Å². The first-order valence-electron chi connectivity index (χ1n) is 6.98. The number of hydrogen-bond donors (Lipinski definition) is 1. The van der Waals surface area contributed by atoms with E-state index >= 15 is 0 Å². The van der Waals surface area contributed by atoms with Crippen LogP contribution in [0.15, 0.2) is 36.4 Å². The van der Waals surface area contributed by atoms with E-state index in [1.54, 1.807) is 0 Å². The first kappa shape index (κ1) is 13.0. The van der Waals surface area contributed by atoms with Crippen LogP contribution in [0.3, 0.4) is 0 Å². The molecule has 0 radical (unpaired) electrons. The van der Waals surface area contributed by atoms with Gasteiger partial charge >= 0.3 is 0 Å². The van der Waals surface area contributed by atoms with Gasteiger partial charge in [-0.05, 0) is 29.7 Å². The minimum Gasteiger partial charge on any atom is -0.493 e. The van der Waals surface area contributed by atoms with Gasteiger partial charge < -0.3 is 10.5 Å². The van der Waals surface area contributed by atoms with E-state index in [2.05, 4.69) is 24.3 Å². The van der Waals surface area contributed by atoms with Crippen LogP contribution in [-0.2, 0) is 6.54 Å². The molecule has 2 N–H and O–H groups in total. The molecule has 0 aromatic heterocycles. The molecule has 0 aliphatic heterocycles. The van der Waals surface area contributed by atoms with Crippen LogP contribution >= 0.6 is 0 Å². The third kappa shape index (κ3) is 2.35. The van der Waals surface area contributed by atoms with Gasteiger partial charge in [-0.2, -0.15) is 5.26 Å². The fourth-order valence-corrected chi connectivity index (χ4v) is 2.61. The summed E-state index contributed by atoms with van der Waals surface area (Å²) in [7, 11) is 0. The normalized spacial score (nSPS) is 15.8. The highest BCUT2D eigenvalue weighted by atomic mass is 16.5. The van der Waals surface area contributed by atoms with E-state index in [4.69, 9.17) is 15.7 Å². The lowest BCUT2D eigenvalue weighted by atomic mass is 10.0. The number of rotatable bonds is 5. The van der Waals surface area contributed by atoms with Crippen LogP contribution in [0.5, 0.6) is 5.75 Å². The molecule has 20 heavy (non-hydrogen) atoms. The zero-order chi connectivity index (χ0) is 14.0. The summed E-state index contributed by atoms with van der Waals surface area (Å²) in [6.07, 6.45) is 2.76. The van der Waals surface area contributed by atoms with Gasteiger partial charge in [0.2, 0.25) is 0 Å². The van der Waals surface area contributed by atoms with Gasteiger partial charge in [-0.25, -0.2) is 0 Å². The van der Waals surface area contributed by atoms with Crippen molar-refractivity contribution in [2.45, 2.75) is 25.8 Å². The van der Waals surface area contributed by atoms with Gasteiger partial charge in [-0.1, -0.05) is 30.3 Å². The molecule has 2 aromatic rings. The number of nitrogens with two attached hydrogens (primary N) is 1. The second-order valence-corrected chi connectivity index (χ2v) is 5.59. The van der Waals surface area contributed by atoms with E-state index in [1.807, 2.05) is 18.2 Å². The molecule has 0 bridgehead atoms. The molecule has 1 aliphatic rings. The Morgan fingerprint density at radius 3 is 2.70 bits per heavy atom. The zero-order valence-electron chi connectivity index (χ0n) is 11.4. The summed E-state index contributed by atoms with van der Waals surface area (Å²) in [5.74, 6) is 0.857. The lowest BCUT2D eigenvalue weighted by Gasteiger charge is -2.16. The fourth-order valence-electron chi connectivity index (χ4n) is 2.61. The van der Waals surface area contributed by atoms with Crippen molar-refractivity contribution in [2.75, 3.05) is 6.61 Å². The molecule has 0 amide bonds. The first-order chi connectivity index (χ1) is 9.78. The molecule has 0 saturated heterocycles. The van der Waals surface area contributed by atoms with E-state index in [-0.39, 0.29) is 5.41 Å². The van der Waals surface area contributed by atoms with E-state index in [0.717, 1.165) is 29.5 Å². The van der Waals surface area contributed by atoms with Gasteiger partial charge in [-0.15, -0.1) is 0 Å². The lowest BCUT2D eigenvalue weighted by Crippen LogP contribution is -2.14. The standard InChI is InChI=1S/C17H18N2O/c18-10-9-17(7-8-17)12-20-16-6-5-13-3-1-2-4-14(13)15(16)11-19/h1-6H,7-9,11-12,19H2. The number of benzene rings is 2. The predicted molar refractivity (Wildman–Crippen MR) is 79.2 cm³/mol. The Labute approximate surface area is 119 Å². The maximum atomic E-state index is 8.86. The molecule has 3 nitrogen and oxygen atoms in total. The van der Waals surface area contributed by atoms with Crippen molar-refractivity contribution < 1.29 is 4.74 Å². The summed E-state index contributed by atoms with van der Waals surface area (Å²) in [6, 6.07) is 14.5. The first-order valence-corrected chi connectivity index (χ1v) is 6.98. The number of hydrogen-bond acceptors (Lipinski definition) is 3. The third-order valence-corrected chi connectivity index (χ3v) is 4.15. The Balaban J connectivity index is 1.86. The van der Waals surface area contributed by atoms with Crippen LogP contribution in [0, 0.1) is 16.7 Å². The van der Waals surface area contributed by atoms with Crippen molar-refractivity contribution in [3.63, 3.8) is 0 Å². The molecule has 3 heteroatoms. The Kier molecular flexibility index (Phi) is 3.33. The van der Waals surface area contributed by atoms with Crippen molar-refractivity contribution in [1.29, 1.82) is 5.26 Å². The molecule has 0 atom stereocenters. The van der Waals surface area contributed by atoms with Gasteiger partial charge in [0.15, 0.2) is 0 Å². The van der Waals surface area contributed by atoms with Gasteiger partial charge in [0.1, 0.15) is 5.75 Å². The number of nitriles is 1. The molecule has 0 heterocycles. The molecule has 1 saturated carbocycles. The minimum absolute atomic E-state index is 0.0895. The summed E-state index contributed by atoms with van der Waals surface area (Å²) >= 11 is 0. The van der Waals surface area contributed by atoms with E-state index in [9.17, 15) is 0 Å². The minimum atomic E-state index is 0.0895. The highest BCUT2D eigenvalue weighted by Crippen LogP contribution is 2.49. The highest BCUT2D eigenvalue weighted by molar-refractivity contribution is 5.87. The molecular formula is C17H18N2O. The smallest absolute Gasteiger partial charge is 0.124 e. The largest absolute Gasteiger partial charge is 0.493 e. The molecule has 2 aromatic carbocycles. The highest BCUT2D eigenvalue weighted by Gasteiger charge is 2.43. The van der Waals surface area contributed by atoms with Crippen molar-refractivity contribution in [3.8, 4) is 11.8 Å². The second-order valence-electron chi connectivity index (χ2n) is 5.59. The summed E-state index contributed by atoms with van der Waals surface area (Å²) in [5, 5.41) is 11.2. The molecule has 1 aliphatic carbocycles. The Morgan fingerprint density at radius 2 is 2.00 bits per heavy atom. The summed E-state index contributed by atoms with van der Waals surface area (Å²) in [4.78, 5) is 0. The monoisotopic (exact) mass is 266 g/mol. The van der Waals surface area contributed by atoms with E-state index in [1.165, 1.54) is 5.39 Å². The van der Waals surface area contributed by atoms with Crippen LogP contribution in [0.4, 0.5) is 0 Å². The van der Waals surface area contributed by atoms with Crippen molar-refractivity contribution in [3.05, 3.63) is 42.0 Å². The summed E-state index contributed by atoms with van der Waals surface area (Å²) < 4.78 is 5.98. The average Bonchev–Trinajstić information content (AvgIpc) is 3.25. The Morgan fingerprint density at radius 1 is 1.20 bits per heavy atom. The van der Waals surface area contributed by atoms with Crippen molar-refractivity contribution >= 4 is 10.8 Å². The molecular weight excluding hydrogens is 248 g/mol. The number of ether oxygens (including phenoxy) is 1. The maximum Gasteiger partial charge on any atom is 0.124 e. The Bertz CT molecular complexity index is 668. The van der Waals surface area contributed by atoms with Gasteiger partial charge in [-0.3, -0.25) is 0 Å². The van der Waals surface area contributed by atoms with Crippen molar-refractivity contribution in [2.24, 2.45) is 11.1 Å². The predicted octanol–water partition coefficient (Wildman–Crippen LogP) is 3.37. The molecule has 0 spiro atoms. The summed E-state index contributed by atoms with van der Waals surface area (Å²) in [5.41, 5.74) is 7.04. The SMILES string of the molecule is N#CCC1(COc2ccc3ccccc3c2CN)CC1. The third-order valence-electron chi connectivity index (χ3n) is 4.15. The molecule has 3 rings (SSSR count). The quantitative estimate of drug-likeness (QED) is 0.902. The van der Waals surface area contributed by atoms with Gasteiger partial charge in [0.25, 0.3) is 0 Å². The lowest BCUT2D eigenvalue weighted by molar-refractivity contribution is 0.235. The van der Waals surface area contributed by atoms with Crippen LogP contribution < -0.4 is 10.5 Å². The van der Waals surface area contributed by atoms with Crippen LogP contribution in [-0.4, -0.2) is 6.61 Å². The van der Waals surface area contributed by atoms with E-state index in [0.29, 0.717) is 19.6 Å². The average molecular weight is 266 g/mol. The van der Waals surface area contributed by atoms with Gasteiger partial charge in [0, 0.05) is 23.9 Å².